The van der Waals surface area contributed by atoms with E-state index in [0.717, 1.165) is 18.7 Å². The molecule has 0 aliphatic rings. The van der Waals surface area contributed by atoms with Gasteiger partial charge in [-0.1, -0.05) is 61.9 Å². The maximum Gasteiger partial charge on any atom is 0.0328 e. The highest BCUT2D eigenvalue weighted by Gasteiger charge is 2.12. The van der Waals surface area contributed by atoms with Crippen LogP contribution in [0.15, 0.2) is 53.4 Å². The number of benzene rings is 2. The number of hydrogen-bond acceptors (Lipinski definition) is 2. The van der Waals surface area contributed by atoms with Gasteiger partial charge >= 0.3 is 0 Å². The molecule has 2 heteroatoms. The minimum absolute atomic E-state index is 0.455. The van der Waals surface area contributed by atoms with Gasteiger partial charge in [0.15, 0.2) is 0 Å². The van der Waals surface area contributed by atoms with Crippen molar-refractivity contribution in [2.45, 2.75) is 43.9 Å². The minimum Gasteiger partial charge on any atom is -0.310 e. The molecule has 1 N–H and O–H groups in total. The van der Waals surface area contributed by atoms with E-state index in [0.29, 0.717) is 6.04 Å². The van der Waals surface area contributed by atoms with Gasteiger partial charge in [0, 0.05) is 16.7 Å². The first-order chi connectivity index (χ1) is 10.2. The Bertz CT molecular complexity index is 565. The van der Waals surface area contributed by atoms with E-state index in [2.05, 4.69) is 74.6 Å². The SMILES string of the molecule is CCNC(CC)c1ccccc1SCc1cccc(C)c1. The van der Waals surface area contributed by atoms with Crippen molar-refractivity contribution in [3.05, 3.63) is 65.2 Å². The maximum absolute atomic E-state index is 3.58. The Balaban J connectivity index is 2.12. The lowest BCUT2D eigenvalue weighted by molar-refractivity contribution is 0.530. The maximum atomic E-state index is 3.58. The van der Waals surface area contributed by atoms with Gasteiger partial charge in [0.05, 0.1) is 0 Å². The fourth-order valence-electron chi connectivity index (χ4n) is 2.58. The molecule has 0 fully saturated rings. The van der Waals surface area contributed by atoms with E-state index < -0.39 is 0 Å². The molecule has 2 aromatic rings. The monoisotopic (exact) mass is 299 g/mol. The van der Waals surface area contributed by atoms with Crippen LogP contribution in [0.1, 0.15) is 43.0 Å². The molecule has 0 aromatic heterocycles. The van der Waals surface area contributed by atoms with Gasteiger partial charge in [0.1, 0.15) is 0 Å². The van der Waals surface area contributed by atoms with Crippen LogP contribution < -0.4 is 5.32 Å². The van der Waals surface area contributed by atoms with Crippen molar-refractivity contribution < 1.29 is 0 Å². The fourth-order valence-corrected chi connectivity index (χ4v) is 3.64. The van der Waals surface area contributed by atoms with Crippen molar-refractivity contribution in [2.75, 3.05) is 6.54 Å². The Morgan fingerprint density at radius 2 is 1.86 bits per heavy atom. The second-order valence-electron chi connectivity index (χ2n) is 5.33. The van der Waals surface area contributed by atoms with Crippen molar-refractivity contribution in [1.29, 1.82) is 0 Å². The molecule has 2 rings (SSSR count). The Morgan fingerprint density at radius 1 is 1.05 bits per heavy atom. The van der Waals surface area contributed by atoms with Gasteiger partial charge in [0.2, 0.25) is 0 Å². The van der Waals surface area contributed by atoms with Crippen LogP contribution in [0.4, 0.5) is 0 Å². The molecule has 1 unspecified atom stereocenters. The van der Waals surface area contributed by atoms with Gasteiger partial charge in [-0.25, -0.2) is 0 Å². The Labute approximate surface area is 133 Å². The first-order valence-corrected chi connectivity index (χ1v) is 8.73. The molecule has 2 aromatic carbocycles. The molecule has 0 aliphatic carbocycles. The van der Waals surface area contributed by atoms with Crippen LogP contribution >= 0.6 is 11.8 Å². The Hall–Kier alpha value is -1.25. The third kappa shape index (κ3) is 4.62. The average Bonchev–Trinajstić information content (AvgIpc) is 2.51. The van der Waals surface area contributed by atoms with E-state index in [1.807, 2.05) is 11.8 Å². The smallest absolute Gasteiger partial charge is 0.0328 e. The van der Waals surface area contributed by atoms with Crippen LogP contribution in [-0.2, 0) is 5.75 Å². The molecule has 0 bridgehead atoms. The first-order valence-electron chi connectivity index (χ1n) is 7.75. The number of rotatable bonds is 7. The predicted molar refractivity (Wildman–Crippen MR) is 93.9 cm³/mol. The standard InChI is InChI=1S/C19H25NS/c1-4-18(20-5-2)17-11-6-7-12-19(17)21-14-16-10-8-9-15(3)13-16/h6-13,18,20H,4-5,14H2,1-3H3. The molecular weight excluding hydrogens is 274 g/mol. The van der Waals surface area contributed by atoms with E-state index >= 15 is 0 Å². The van der Waals surface area contributed by atoms with Crippen molar-refractivity contribution >= 4 is 11.8 Å². The molecule has 1 nitrogen and oxygen atoms in total. The minimum atomic E-state index is 0.455. The van der Waals surface area contributed by atoms with Gasteiger partial charge in [-0.05, 0) is 37.1 Å². The summed E-state index contributed by atoms with van der Waals surface area (Å²) in [5.74, 6) is 1.03. The molecule has 0 heterocycles. The zero-order chi connectivity index (χ0) is 15.1. The summed E-state index contributed by atoms with van der Waals surface area (Å²) in [7, 11) is 0. The predicted octanol–water partition coefficient (Wildman–Crippen LogP) is 5.35. The highest BCUT2D eigenvalue weighted by Crippen LogP contribution is 2.31. The second-order valence-corrected chi connectivity index (χ2v) is 6.35. The fraction of sp³-hybridized carbons (Fsp3) is 0.368. The van der Waals surface area contributed by atoms with Crippen LogP contribution in [0, 0.1) is 6.92 Å². The molecule has 0 amide bonds. The van der Waals surface area contributed by atoms with E-state index in [-0.39, 0.29) is 0 Å². The zero-order valence-electron chi connectivity index (χ0n) is 13.2. The number of hydrogen-bond donors (Lipinski definition) is 1. The third-order valence-electron chi connectivity index (χ3n) is 3.63. The van der Waals surface area contributed by atoms with E-state index in [1.165, 1.54) is 21.6 Å². The summed E-state index contributed by atoms with van der Waals surface area (Å²) in [6.45, 7) is 7.58. The lowest BCUT2D eigenvalue weighted by atomic mass is 10.0. The summed E-state index contributed by atoms with van der Waals surface area (Å²) in [4.78, 5) is 1.40. The lowest BCUT2D eigenvalue weighted by Crippen LogP contribution is -2.20. The number of thioether (sulfide) groups is 1. The van der Waals surface area contributed by atoms with E-state index in [1.54, 1.807) is 0 Å². The van der Waals surface area contributed by atoms with Crippen molar-refractivity contribution in [2.24, 2.45) is 0 Å². The highest BCUT2D eigenvalue weighted by molar-refractivity contribution is 7.98. The second kappa shape index (κ2) is 8.26. The largest absolute Gasteiger partial charge is 0.310 e. The highest BCUT2D eigenvalue weighted by atomic mass is 32.2. The average molecular weight is 299 g/mol. The van der Waals surface area contributed by atoms with Gasteiger partial charge in [0.25, 0.3) is 0 Å². The lowest BCUT2D eigenvalue weighted by Gasteiger charge is -2.19. The molecule has 21 heavy (non-hydrogen) atoms. The van der Waals surface area contributed by atoms with E-state index in [4.69, 9.17) is 0 Å². The Kier molecular flexibility index (Phi) is 6.34. The topological polar surface area (TPSA) is 12.0 Å². The Morgan fingerprint density at radius 3 is 2.57 bits per heavy atom. The number of nitrogens with one attached hydrogen (secondary N) is 1. The van der Waals surface area contributed by atoms with Crippen LogP contribution in [0.5, 0.6) is 0 Å². The molecule has 112 valence electrons. The van der Waals surface area contributed by atoms with Crippen LogP contribution in [0.2, 0.25) is 0 Å². The first kappa shape index (κ1) is 16.1. The quantitative estimate of drug-likeness (QED) is 0.692. The number of aryl methyl sites for hydroxylation is 1. The van der Waals surface area contributed by atoms with E-state index in [9.17, 15) is 0 Å². The van der Waals surface area contributed by atoms with Crippen LogP contribution in [0.3, 0.4) is 0 Å². The van der Waals surface area contributed by atoms with Gasteiger partial charge < -0.3 is 5.32 Å². The molecule has 0 spiro atoms. The third-order valence-corrected chi connectivity index (χ3v) is 4.79. The summed E-state index contributed by atoms with van der Waals surface area (Å²) in [5, 5.41) is 3.58. The van der Waals surface area contributed by atoms with Crippen molar-refractivity contribution in [3.8, 4) is 0 Å². The summed E-state index contributed by atoms with van der Waals surface area (Å²) < 4.78 is 0. The molecule has 0 saturated carbocycles. The normalized spacial score (nSPS) is 12.3. The zero-order valence-corrected chi connectivity index (χ0v) is 14.0. The van der Waals surface area contributed by atoms with Crippen molar-refractivity contribution in [1.82, 2.24) is 5.32 Å². The molecule has 0 aliphatic heterocycles. The van der Waals surface area contributed by atoms with Crippen LogP contribution in [-0.4, -0.2) is 6.54 Å². The summed E-state index contributed by atoms with van der Waals surface area (Å²) in [5.41, 5.74) is 4.16. The molecular formula is C19H25NS. The van der Waals surface area contributed by atoms with Gasteiger partial charge in [-0.2, -0.15) is 0 Å². The summed E-state index contributed by atoms with van der Waals surface area (Å²) >= 11 is 1.94. The van der Waals surface area contributed by atoms with Gasteiger partial charge in [-0.15, -0.1) is 11.8 Å². The van der Waals surface area contributed by atoms with Crippen LogP contribution in [0.25, 0.3) is 0 Å². The molecule has 0 radical (unpaired) electrons. The summed E-state index contributed by atoms with van der Waals surface area (Å²) in [6.07, 6.45) is 1.12. The summed E-state index contributed by atoms with van der Waals surface area (Å²) in [6, 6.07) is 18.0. The van der Waals surface area contributed by atoms with Crippen molar-refractivity contribution in [3.63, 3.8) is 0 Å². The molecule has 1 atom stereocenters. The molecule has 0 saturated heterocycles. The van der Waals surface area contributed by atoms with Gasteiger partial charge in [-0.3, -0.25) is 0 Å².